The summed E-state index contributed by atoms with van der Waals surface area (Å²) < 4.78 is 0. The van der Waals surface area contributed by atoms with Crippen LogP contribution in [0.25, 0.3) is 0 Å². The molecule has 0 aromatic heterocycles. The average Bonchev–Trinajstić information content (AvgIpc) is 2.58. The smallest absolute Gasteiger partial charge is 0.123 e. The fourth-order valence-electron chi connectivity index (χ4n) is 2.83. The first-order valence-corrected chi connectivity index (χ1v) is 6.25. The van der Waals surface area contributed by atoms with E-state index < -0.39 is 0 Å². The largest absolute Gasteiger partial charge is 0.507 e. The Hall–Kier alpha value is -1.70. The Morgan fingerprint density at radius 3 is 2.28 bits per heavy atom. The number of aryl methyl sites for hydroxylation is 1. The zero-order valence-electron chi connectivity index (χ0n) is 11.2. The number of rotatable bonds is 2. The lowest BCUT2D eigenvalue weighted by Gasteiger charge is -2.22. The maximum atomic E-state index is 10.1. The lowest BCUT2D eigenvalue weighted by atomic mass is 9.83. The Morgan fingerprint density at radius 1 is 1.22 bits per heavy atom. The number of allylic oxidation sites excluding steroid dienone is 3. The van der Waals surface area contributed by atoms with Gasteiger partial charge in [0.05, 0.1) is 0 Å². The van der Waals surface area contributed by atoms with Crippen LogP contribution in [0.5, 0.6) is 11.5 Å². The van der Waals surface area contributed by atoms with Crippen LogP contribution in [-0.4, -0.2) is 10.2 Å². The molecule has 0 fully saturated rings. The van der Waals surface area contributed by atoms with Gasteiger partial charge in [0.15, 0.2) is 0 Å². The molecule has 1 aromatic rings. The van der Waals surface area contributed by atoms with E-state index >= 15 is 0 Å². The summed E-state index contributed by atoms with van der Waals surface area (Å²) in [6.45, 7) is 9.97. The molecule has 0 amide bonds. The van der Waals surface area contributed by atoms with Crippen LogP contribution in [0.3, 0.4) is 0 Å². The zero-order valence-corrected chi connectivity index (χ0v) is 11.2. The molecule has 1 aromatic carbocycles. The van der Waals surface area contributed by atoms with Gasteiger partial charge in [-0.2, -0.15) is 0 Å². The summed E-state index contributed by atoms with van der Waals surface area (Å²) in [4.78, 5) is 0. The second kappa shape index (κ2) is 4.52. The molecule has 2 heteroatoms. The Balaban J connectivity index is 2.51. The van der Waals surface area contributed by atoms with Crippen LogP contribution < -0.4 is 0 Å². The number of phenols is 2. The summed E-state index contributed by atoms with van der Waals surface area (Å²) in [6, 6.07) is 3.40. The van der Waals surface area contributed by atoms with Gasteiger partial charge in [-0.05, 0) is 50.8 Å². The third-order valence-electron chi connectivity index (χ3n) is 3.69. The van der Waals surface area contributed by atoms with Crippen molar-refractivity contribution in [2.75, 3.05) is 0 Å². The van der Waals surface area contributed by atoms with Crippen LogP contribution >= 0.6 is 0 Å². The Labute approximate surface area is 108 Å². The van der Waals surface area contributed by atoms with Crippen molar-refractivity contribution in [1.29, 1.82) is 0 Å². The quantitative estimate of drug-likeness (QED) is 0.771. The van der Waals surface area contributed by atoms with Crippen molar-refractivity contribution in [3.63, 3.8) is 0 Å². The molecule has 18 heavy (non-hydrogen) atoms. The van der Waals surface area contributed by atoms with Crippen molar-refractivity contribution < 1.29 is 10.2 Å². The number of hydrogen-bond acceptors (Lipinski definition) is 2. The molecule has 0 saturated heterocycles. The van der Waals surface area contributed by atoms with Gasteiger partial charge >= 0.3 is 0 Å². The molecule has 0 spiro atoms. The summed E-state index contributed by atoms with van der Waals surface area (Å²) >= 11 is 0. The summed E-state index contributed by atoms with van der Waals surface area (Å²) in [6.07, 6.45) is 3.08. The lowest BCUT2D eigenvalue weighted by molar-refractivity contribution is 0.423. The highest BCUT2D eigenvalue weighted by atomic mass is 16.3. The minimum absolute atomic E-state index is 0.0306. The second-order valence-corrected chi connectivity index (χ2v) is 5.41. The van der Waals surface area contributed by atoms with Crippen LogP contribution in [0, 0.1) is 12.8 Å². The predicted octanol–water partition coefficient (Wildman–Crippen LogP) is 4.03. The van der Waals surface area contributed by atoms with Gasteiger partial charge in [0.25, 0.3) is 0 Å². The molecule has 0 aliphatic heterocycles. The van der Waals surface area contributed by atoms with Gasteiger partial charge in [0.2, 0.25) is 0 Å². The van der Waals surface area contributed by atoms with Gasteiger partial charge in [-0.1, -0.05) is 23.8 Å². The number of hydrogen-bond donors (Lipinski definition) is 2. The first-order valence-electron chi connectivity index (χ1n) is 6.25. The molecule has 0 unspecified atom stereocenters. The Bertz CT molecular complexity index is 503. The van der Waals surface area contributed by atoms with Gasteiger partial charge in [0, 0.05) is 11.5 Å². The minimum Gasteiger partial charge on any atom is -0.507 e. The first-order chi connectivity index (χ1) is 8.40. The van der Waals surface area contributed by atoms with Crippen molar-refractivity contribution >= 4 is 0 Å². The predicted molar refractivity (Wildman–Crippen MR) is 73.9 cm³/mol. The van der Waals surface area contributed by atoms with E-state index in [0.29, 0.717) is 5.56 Å². The van der Waals surface area contributed by atoms with Crippen molar-refractivity contribution in [2.45, 2.75) is 33.1 Å². The van der Waals surface area contributed by atoms with Crippen LogP contribution in [0.2, 0.25) is 0 Å². The standard InChI is InChI=1S/C16H20O2/c1-9(2)12-5-10(3)6-13(12)16-14(17)7-11(4)8-15(16)18/h6-8,12-13,17-18H,1,5H2,2-4H3/t12-,13+/m0/s1. The van der Waals surface area contributed by atoms with E-state index in [9.17, 15) is 10.2 Å². The maximum Gasteiger partial charge on any atom is 0.123 e. The van der Waals surface area contributed by atoms with Crippen LogP contribution in [0.4, 0.5) is 0 Å². The summed E-state index contributed by atoms with van der Waals surface area (Å²) in [5.41, 5.74) is 3.87. The molecule has 1 aliphatic rings. The van der Waals surface area contributed by atoms with Crippen LogP contribution in [0.15, 0.2) is 35.9 Å². The fourth-order valence-corrected chi connectivity index (χ4v) is 2.83. The molecule has 0 heterocycles. The summed E-state index contributed by atoms with van der Waals surface area (Å²) in [5, 5.41) is 20.2. The second-order valence-electron chi connectivity index (χ2n) is 5.41. The average molecular weight is 244 g/mol. The van der Waals surface area contributed by atoms with Gasteiger partial charge in [-0.25, -0.2) is 0 Å². The van der Waals surface area contributed by atoms with E-state index in [-0.39, 0.29) is 23.3 Å². The highest BCUT2D eigenvalue weighted by Crippen LogP contribution is 2.47. The van der Waals surface area contributed by atoms with Gasteiger partial charge in [-0.15, -0.1) is 0 Å². The monoisotopic (exact) mass is 244 g/mol. The topological polar surface area (TPSA) is 40.5 Å². The third-order valence-corrected chi connectivity index (χ3v) is 3.69. The first kappa shape index (κ1) is 12.7. The third kappa shape index (κ3) is 2.15. The molecule has 1 aliphatic carbocycles. The zero-order chi connectivity index (χ0) is 13.4. The van der Waals surface area contributed by atoms with E-state index in [4.69, 9.17) is 0 Å². The van der Waals surface area contributed by atoms with E-state index in [0.717, 1.165) is 17.6 Å². The van der Waals surface area contributed by atoms with Crippen LogP contribution in [-0.2, 0) is 0 Å². The van der Waals surface area contributed by atoms with Crippen molar-refractivity contribution in [3.8, 4) is 11.5 Å². The lowest BCUT2D eigenvalue weighted by Crippen LogP contribution is -2.08. The molecule has 0 bridgehead atoms. The van der Waals surface area contributed by atoms with Crippen molar-refractivity contribution in [2.24, 2.45) is 5.92 Å². The van der Waals surface area contributed by atoms with Crippen LogP contribution in [0.1, 0.15) is 37.3 Å². The van der Waals surface area contributed by atoms with E-state index in [2.05, 4.69) is 19.6 Å². The Kier molecular flexibility index (Phi) is 3.20. The highest BCUT2D eigenvalue weighted by Gasteiger charge is 2.31. The molecule has 0 saturated carbocycles. The van der Waals surface area contributed by atoms with E-state index in [1.54, 1.807) is 12.1 Å². The fraction of sp³-hybridized carbons (Fsp3) is 0.375. The summed E-state index contributed by atoms with van der Waals surface area (Å²) in [7, 11) is 0. The number of aromatic hydroxyl groups is 2. The van der Waals surface area contributed by atoms with Gasteiger partial charge in [-0.3, -0.25) is 0 Å². The highest BCUT2D eigenvalue weighted by molar-refractivity contribution is 5.52. The Morgan fingerprint density at radius 2 is 1.78 bits per heavy atom. The summed E-state index contributed by atoms with van der Waals surface area (Å²) in [5.74, 6) is 0.650. The normalized spacial score (nSPS) is 22.9. The SMILES string of the molecule is C=C(C)[C@@H]1CC(C)=C[C@H]1c1c(O)cc(C)cc1O. The number of phenolic OH excluding ortho intramolecular Hbond substituents is 2. The molecular weight excluding hydrogens is 224 g/mol. The molecule has 2 nitrogen and oxygen atoms in total. The molecule has 0 radical (unpaired) electrons. The molecule has 2 rings (SSSR count). The number of benzene rings is 1. The van der Waals surface area contributed by atoms with Crippen molar-refractivity contribution in [1.82, 2.24) is 0 Å². The van der Waals surface area contributed by atoms with Gasteiger partial charge < -0.3 is 10.2 Å². The van der Waals surface area contributed by atoms with E-state index in [1.807, 2.05) is 13.8 Å². The molecular formula is C16H20O2. The van der Waals surface area contributed by atoms with Crippen molar-refractivity contribution in [3.05, 3.63) is 47.1 Å². The molecule has 96 valence electrons. The molecule has 2 N–H and O–H groups in total. The van der Waals surface area contributed by atoms with E-state index in [1.165, 1.54) is 5.57 Å². The maximum absolute atomic E-state index is 10.1. The minimum atomic E-state index is 0.0306. The van der Waals surface area contributed by atoms with Gasteiger partial charge in [0.1, 0.15) is 11.5 Å². The molecule has 2 atom stereocenters.